The topological polar surface area (TPSA) is 12.5 Å². The van der Waals surface area contributed by atoms with Gasteiger partial charge in [0.1, 0.15) is 11.5 Å². The van der Waals surface area contributed by atoms with Crippen LogP contribution in [0.1, 0.15) is 0 Å². The first kappa shape index (κ1) is 37.3. The smallest absolute Gasteiger partial charge is 0.137 e. The van der Waals surface area contributed by atoms with E-state index in [0.717, 1.165) is 61.9 Å². The molecular formula is C62H41NO. The fourth-order valence-corrected chi connectivity index (χ4v) is 9.41. The Kier molecular flexibility index (Phi) is 9.20. The van der Waals surface area contributed by atoms with E-state index in [1.54, 1.807) is 0 Å². The maximum absolute atomic E-state index is 7.12. The predicted molar refractivity (Wildman–Crippen MR) is 269 cm³/mol. The van der Waals surface area contributed by atoms with E-state index in [2.05, 4.69) is 254 Å². The summed E-state index contributed by atoms with van der Waals surface area (Å²) in [7, 11) is 0. The Balaban J connectivity index is 0.978. The quantitative estimate of drug-likeness (QED) is 0.159. The van der Waals surface area contributed by atoms with Crippen molar-refractivity contribution in [1.82, 2.24) is 0 Å². The van der Waals surface area contributed by atoms with E-state index in [1.807, 2.05) is 0 Å². The van der Waals surface area contributed by atoms with Crippen LogP contribution in [0, 0.1) is 0 Å². The molecule has 1 heterocycles. The minimum atomic E-state index is 0.812. The van der Waals surface area contributed by atoms with Gasteiger partial charge in [-0.3, -0.25) is 0 Å². The van der Waals surface area contributed by atoms with Crippen molar-refractivity contribution in [3.63, 3.8) is 0 Å². The molecule has 11 aromatic carbocycles. The molecule has 1 aliphatic rings. The van der Waals surface area contributed by atoms with Crippen molar-refractivity contribution < 1.29 is 4.74 Å². The number of fused-ring (bicyclic) bond motifs is 7. The lowest BCUT2D eigenvalue weighted by atomic mass is 9.89. The molecule has 0 aliphatic carbocycles. The first-order valence-electron chi connectivity index (χ1n) is 21.9. The number of ether oxygens (including phenoxy) is 1. The van der Waals surface area contributed by atoms with Crippen molar-refractivity contribution in [3.05, 3.63) is 249 Å². The van der Waals surface area contributed by atoms with Gasteiger partial charge in [-0.05, 0) is 138 Å². The van der Waals surface area contributed by atoms with Gasteiger partial charge >= 0.3 is 0 Å². The second-order valence-corrected chi connectivity index (χ2v) is 16.5. The highest BCUT2D eigenvalue weighted by molar-refractivity contribution is 6.02. The number of hydrogen-bond acceptors (Lipinski definition) is 2. The number of rotatable bonds is 7. The molecule has 0 aromatic heterocycles. The first-order valence-corrected chi connectivity index (χ1v) is 21.9. The molecule has 1 aliphatic heterocycles. The molecular weight excluding hydrogens is 775 g/mol. The molecule has 0 N–H and O–H groups in total. The lowest BCUT2D eigenvalue weighted by molar-refractivity contribution is 0.488. The fourth-order valence-electron chi connectivity index (χ4n) is 9.41. The van der Waals surface area contributed by atoms with Gasteiger partial charge in [0.25, 0.3) is 0 Å². The number of hydrogen-bond donors (Lipinski definition) is 0. The largest absolute Gasteiger partial charge is 0.456 e. The average Bonchev–Trinajstić information content (AvgIpc) is 3.50. The summed E-state index contributed by atoms with van der Waals surface area (Å²) in [5.74, 6) is 1.64. The zero-order valence-corrected chi connectivity index (χ0v) is 35.0. The first-order chi connectivity index (χ1) is 31.7. The average molecular weight is 816 g/mol. The number of benzene rings is 11. The van der Waals surface area contributed by atoms with E-state index in [4.69, 9.17) is 4.74 Å². The lowest BCUT2D eigenvalue weighted by Crippen LogP contribution is -2.10. The Morgan fingerprint density at radius 3 is 1.28 bits per heavy atom. The van der Waals surface area contributed by atoms with E-state index >= 15 is 0 Å². The Bertz CT molecular complexity index is 3480. The number of anilines is 3. The van der Waals surface area contributed by atoms with Crippen molar-refractivity contribution in [2.45, 2.75) is 0 Å². The maximum Gasteiger partial charge on any atom is 0.137 e. The molecule has 300 valence electrons. The standard InChI is InChI=1S/C62H41NO/c1-3-12-42(13-4-1)44-22-24-45(25-23-44)47-28-33-53(34-29-47)63(52-31-26-46(27-32-52)43-14-5-2-6-15-43)54-35-36-57-58-38-49-17-7-8-18-50(49)39-59(58)60-40-51(30-37-61(60)64-62(57)41-54)56-21-11-19-48-16-9-10-20-55(48)56/h1-41H. The van der Waals surface area contributed by atoms with E-state index in [-0.39, 0.29) is 0 Å². The van der Waals surface area contributed by atoms with Gasteiger partial charge < -0.3 is 9.64 Å². The summed E-state index contributed by atoms with van der Waals surface area (Å²) in [6.45, 7) is 0. The van der Waals surface area contributed by atoms with Gasteiger partial charge in [0.05, 0.1) is 0 Å². The molecule has 11 aromatic rings. The van der Waals surface area contributed by atoms with Crippen molar-refractivity contribution in [3.8, 4) is 78.3 Å². The third-order valence-corrected chi connectivity index (χ3v) is 12.7. The zero-order chi connectivity index (χ0) is 42.4. The summed E-state index contributed by atoms with van der Waals surface area (Å²) in [5.41, 5.74) is 17.0. The van der Waals surface area contributed by atoms with Gasteiger partial charge in [-0.1, -0.05) is 182 Å². The third kappa shape index (κ3) is 6.79. The van der Waals surface area contributed by atoms with Crippen LogP contribution < -0.4 is 9.64 Å². The molecule has 2 nitrogen and oxygen atoms in total. The van der Waals surface area contributed by atoms with Crippen LogP contribution in [0.5, 0.6) is 11.5 Å². The molecule has 0 saturated heterocycles. The molecule has 0 atom stereocenters. The molecule has 0 amide bonds. The molecule has 0 spiro atoms. The van der Waals surface area contributed by atoms with Crippen LogP contribution >= 0.6 is 0 Å². The molecule has 0 fully saturated rings. The third-order valence-electron chi connectivity index (χ3n) is 12.7. The van der Waals surface area contributed by atoms with E-state index in [9.17, 15) is 0 Å². The predicted octanol–water partition coefficient (Wildman–Crippen LogP) is 17.6. The van der Waals surface area contributed by atoms with Crippen LogP contribution in [0.4, 0.5) is 17.1 Å². The summed E-state index contributed by atoms with van der Waals surface area (Å²) in [4.78, 5) is 2.33. The van der Waals surface area contributed by atoms with Crippen molar-refractivity contribution in [2.24, 2.45) is 0 Å². The molecule has 2 heteroatoms. The summed E-state index contributed by atoms with van der Waals surface area (Å²) < 4.78 is 7.12. The second kappa shape index (κ2) is 15.8. The Morgan fingerprint density at radius 1 is 0.234 bits per heavy atom. The van der Waals surface area contributed by atoms with Crippen LogP contribution in [0.2, 0.25) is 0 Å². The molecule has 0 bridgehead atoms. The van der Waals surface area contributed by atoms with Crippen molar-refractivity contribution in [1.29, 1.82) is 0 Å². The van der Waals surface area contributed by atoms with Gasteiger partial charge in [-0.2, -0.15) is 0 Å². The summed E-state index contributed by atoms with van der Waals surface area (Å²) in [6, 6.07) is 89.5. The summed E-state index contributed by atoms with van der Waals surface area (Å²) in [6.07, 6.45) is 0. The minimum absolute atomic E-state index is 0.812. The molecule has 0 saturated carbocycles. The molecule has 0 unspecified atom stereocenters. The van der Waals surface area contributed by atoms with Crippen molar-refractivity contribution >= 4 is 38.6 Å². The van der Waals surface area contributed by atoms with Crippen LogP contribution in [0.15, 0.2) is 249 Å². The van der Waals surface area contributed by atoms with Crippen molar-refractivity contribution in [2.75, 3.05) is 4.90 Å². The van der Waals surface area contributed by atoms with Gasteiger partial charge in [-0.25, -0.2) is 0 Å². The normalized spacial score (nSPS) is 11.6. The van der Waals surface area contributed by atoms with Crippen LogP contribution in [0.25, 0.3) is 88.3 Å². The Hall–Kier alpha value is -8.46. The summed E-state index contributed by atoms with van der Waals surface area (Å²) >= 11 is 0. The fraction of sp³-hybridized carbons (Fsp3) is 0. The van der Waals surface area contributed by atoms with E-state index in [1.165, 1.54) is 54.9 Å². The van der Waals surface area contributed by atoms with Crippen LogP contribution in [-0.4, -0.2) is 0 Å². The Labute approximate surface area is 373 Å². The molecule has 64 heavy (non-hydrogen) atoms. The highest BCUT2D eigenvalue weighted by Crippen LogP contribution is 2.51. The Morgan fingerprint density at radius 2 is 0.688 bits per heavy atom. The SMILES string of the molecule is c1ccc(-c2ccc(-c3ccc(N(c4ccc(-c5ccccc5)cc4)c4ccc5c(c4)Oc4ccc(-c6cccc7ccccc67)cc4-c4cc6ccccc6cc4-5)cc3)cc2)cc1. The van der Waals surface area contributed by atoms with Gasteiger partial charge in [-0.15, -0.1) is 0 Å². The molecule has 12 rings (SSSR count). The molecule has 0 radical (unpaired) electrons. The van der Waals surface area contributed by atoms with Crippen LogP contribution in [0.3, 0.4) is 0 Å². The monoisotopic (exact) mass is 815 g/mol. The minimum Gasteiger partial charge on any atom is -0.456 e. The second-order valence-electron chi connectivity index (χ2n) is 16.5. The highest BCUT2D eigenvalue weighted by atomic mass is 16.5. The van der Waals surface area contributed by atoms with E-state index < -0.39 is 0 Å². The van der Waals surface area contributed by atoms with E-state index in [0.29, 0.717) is 0 Å². The summed E-state index contributed by atoms with van der Waals surface area (Å²) in [5, 5.41) is 4.85. The van der Waals surface area contributed by atoms with Gasteiger partial charge in [0.2, 0.25) is 0 Å². The number of nitrogens with zero attached hydrogens (tertiary/aromatic N) is 1. The van der Waals surface area contributed by atoms with Gasteiger partial charge in [0.15, 0.2) is 0 Å². The zero-order valence-electron chi connectivity index (χ0n) is 35.0. The van der Waals surface area contributed by atoms with Gasteiger partial charge in [0, 0.05) is 34.3 Å². The lowest BCUT2D eigenvalue weighted by Gasteiger charge is -2.27. The maximum atomic E-state index is 7.12. The highest BCUT2D eigenvalue weighted by Gasteiger charge is 2.25. The van der Waals surface area contributed by atoms with Crippen LogP contribution in [-0.2, 0) is 0 Å².